The first-order chi connectivity index (χ1) is 27.8. The lowest BCUT2D eigenvalue weighted by atomic mass is 9.97. The van der Waals surface area contributed by atoms with Crippen LogP contribution >= 0.6 is 0 Å². The fraction of sp³-hybridized carbons (Fsp3) is 0. The summed E-state index contributed by atoms with van der Waals surface area (Å²) in [5.74, 6) is 0. The number of hydrogen-bond acceptors (Lipinski definition) is 1. The largest absolute Gasteiger partial charge is 0.309 e. The summed E-state index contributed by atoms with van der Waals surface area (Å²) in [5.41, 5.74) is 16.4. The van der Waals surface area contributed by atoms with Crippen LogP contribution in [0.5, 0.6) is 0 Å². The van der Waals surface area contributed by atoms with E-state index in [0.717, 1.165) is 22.7 Å². The molecule has 0 aliphatic heterocycles. The molecule has 0 saturated carbocycles. The molecule has 1 heterocycles. The van der Waals surface area contributed by atoms with E-state index in [-0.39, 0.29) is 0 Å². The Hall–Kier alpha value is -7.42. The van der Waals surface area contributed by atoms with Crippen LogP contribution in [0, 0.1) is 0 Å². The molecule has 56 heavy (non-hydrogen) atoms. The average Bonchev–Trinajstić information content (AvgIpc) is 3.63. The number of para-hydroxylation sites is 3. The molecule has 10 aromatic rings. The molecule has 0 atom stereocenters. The van der Waals surface area contributed by atoms with Gasteiger partial charge in [-0.15, -0.1) is 0 Å². The van der Waals surface area contributed by atoms with Crippen molar-refractivity contribution in [3.05, 3.63) is 231 Å². The number of fused-ring (bicyclic) bond motifs is 3. The first kappa shape index (κ1) is 33.2. The third kappa shape index (κ3) is 6.04. The Morgan fingerprint density at radius 3 is 1.32 bits per heavy atom. The van der Waals surface area contributed by atoms with Crippen molar-refractivity contribution >= 4 is 38.9 Å². The normalized spacial score (nSPS) is 11.2. The lowest BCUT2D eigenvalue weighted by Crippen LogP contribution is -2.11. The van der Waals surface area contributed by atoms with E-state index in [1.54, 1.807) is 0 Å². The van der Waals surface area contributed by atoms with E-state index >= 15 is 0 Å². The summed E-state index contributed by atoms with van der Waals surface area (Å²) >= 11 is 0. The van der Waals surface area contributed by atoms with E-state index in [1.165, 1.54) is 66.3 Å². The van der Waals surface area contributed by atoms with Crippen molar-refractivity contribution in [2.45, 2.75) is 0 Å². The van der Waals surface area contributed by atoms with Crippen LogP contribution in [0.3, 0.4) is 0 Å². The quantitative estimate of drug-likeness (QED) is 0.152. The topological polar surface area (TPSA) is 8.17 Å². The van der Waals surface area contributed by atoms with Gasteiger partial charge in [0.05, 0.1) is 22.4 Å². The van der Waals surface area contributed by atoms with Gasteiger partial charge < -0.3 is 9.47 Å². The molecule has 0 aliphatic carbocycles. The minimum absolute atomic E-state index is 1.09. The molecule has 264 valence electrons. The highest BCUT2D eigenvalue weighted by molar-refractivity contribution is 6.17. The highest BCUT2D eigenvalue weighted by Gasteiger charge is 2.23. The number of anilines is 3. The second-order valence-electron chi connectivity index (χ2n) is 14.1. The highest BCUT2D eigenvalue weighted by atomic mass is 15.1. The second kappa shape index (κ2) is 14.4. The third-order valence-electron chi connectivity index (χ3n) is 10.8. The predicted molar refractivity (Wildman–Crippen MR) is 237 cm³/mol. The van der Waals surface area contributed by atoms with Gasteiger partial charge >= 0.3 is 0 Å². The molecule has 0 unspecified atom stereocenters. The van der Waals surface area contributed by atoms with Crippen molar-refractivity contribution in [2.75, 3.05) is 4.90 Å². The molecule has 2 nitrogen and oxygen atoms in total. The van der Waals surface area contributed by atoms with Gasteiger partial charge in [0.15, 0.2) is 0 Å². The summed E-state index contributed by atoms with van der Waals surface area (Å²) in [4.78, 5) is 2.44. The number of rotatable bonds is 8. The minimum atomic E-state index is 1.09. The molecule has 10 rings (SSSR count). The molecule has 0 radical (unpaired) electrons. The van der Waals surface area contributed by atoms with E-state index < -0.39 is 0 Å². The van der Waals surface area contributed by atoms with Gasteiger partial charge in [0.25, 0.3) is 0 Å². The molecular formula is C54H38N2. The highest BCUT2D eigenvalue weighted by Crippen LogP contribution is 2.46. The van der Waals surface area contributed by atoms with Crippen LogP contribution in [0.25, 0.3) is 72.0 Å². The van der Waals surface area contributed by atoms with Gasteiger partial charge in [-0.05, 0) is 87.5 Å². The molecule has 9 aromatic carbocycles. The van der Waals surface area contributed by atoms with Crippen molar-refractivity contribution in [1.29, 1.82) is 0 Å². The maximum atomic E-state index is 2.44. The summed E-state index contributed by atoms with van der Waals surface area (Å²) in [5, 5.41) is 2.43. The molecule has 0 bridgehead atoms. The first-order valence-electron chi connectivity index (χ1n) is 19.2. The summed E-state index contributed by atoms with van der Waals surface area (Å²) in [6.45, 7) is 0. The van der Waals surface area contributed by atoms with Crippen LogP contribution in [-0.2, 0) is 0 Å². The first-order valence-corrected chi connectivity index (χ1v) is 19.2. The Morgan fingerprint density at radius 1 is 0.286 bits per heavy atom. The zero-order valence-electron chi connectivity index (χ0n) is 30.8. The summed E-state index contributed by atoms with van der Waals surface area (Å²) in [7, 11) is 0. The van der Waals surface area contributed by atoms with Crippen LogP contribution in [-0.4, -0.2) is 4.57 Å². The van der Waals surface area contributed by atoms with Gasteiger partial charge in [-0.25, -0.2) is 0 Å². The summed E-state index contributed by atoms with van der Waals surface area (Å²) in [6, 6.07) is 83.0. The zero-order valence-corrected chi connectivity index (χ0v) is 30.8. The average molecular weight is 715 g/mol. The molecule has 0 N–H and O–H groups in total. The fourth-order valence-electron chi connectivity index (χ4n) is 8.12. The number of nitrogens with zero attached hydrogens (tertiary/aromatic N) is 2. The predicted octanol–water partition coefficient (Wildman–Crippen LogP) is 14.9. The third-order valence-corrected chi connectivity index (χ3v) is 10.8. The SMILES string of the molecule is c1ccc(-c2ccc(-c3ccc(-c4ccc(N(c5ccccc5-c5ccccc5)c5cccc6c5c5ccccc5n6-c5ccccc5)cc4)cc3)cc2)cc1. The molecule has 0 amide bonds. The fourth-order valence-corrected chi connectivity index (χ4v) is 8.12. The van der Waals surface area contributed by atoms with Crippen molar-refractivity contribution < 1.29 is 0 Å². The van der Waals surface area contributed by atoms with Gasteiger partial charge in [0, 0.05) is 27.7 Å². The molecule has 1 aromatic heterocycles. The number of benzene rings is 9. The van der Waals surface area contributed by atoms with E-state index in [4.69, 9.17) is 0 Å². The Bertz CT molecular complexity index is 2910. The lowest BCUT2D eigenvalue weighted by Gasteiger charge is -2.29. The van der Waals surface area contributed by atoms with Crippen LogP contribution in [0.2, 0.25) is 0 Å². The lowest BCUT2D eigenvalue weighted by molar-refractivity contribution is 1.18. The maximum Gasteiger partial charge on any atom is 0.0562 e. The van der Waals surface area contributed by atoms with E-state index in [1.807, 2.05) is 0 Å². The standard InChI is InChI=1S/C54H38N2/c1-4-15-39(16-5-1)40-27-29-41(30-28-40)42-31-33-43(34-32-42)44-35-37-47(38-36-44)56(50-23-12-10-21-48(50)45-17-6-2-7-18-45)53-26-14-25-52-54(53)49-22-11-13-24-51(49)55(52)46-19-8-3-9-20-46/h1-38H. The summed E-state index contributed by atoms with van der Waals surface area (Å²) < 4.78 is 2.39. The van der Waals surface area contributed by atoms with E-state index in [2.05, 4.69) is 240 Å². The van der Waals surface area contributed by atoms with Crippen molar-refractivity contribution in [3.8, 4) is 50.2 Å². The minimum Gasteiger partial charge on any atom is -0.309 e. The Kier molecular flexibility index (Phi) is 8.55. The van der Waals surface area contributed by atoms with Crippen LogP contribution in [0.4, 0.5) is 17.1 Å². The smallest absolute Gasteiger partial charge is 0.0562 e. The van der Waals surface area contributed by atoms with Gasteiger partial charge in [-0.2, -0.15) is 0 Å². The van der Waals surface area contributed by atoms with Crippen LogP contribution < -0.4 is 4.90 Å². The Morgan fingerprint density at radius 2 is 0.714 bits per heavy atom. The molecule has 0 fully saturated rings. The van der Waals surface area contributed by atoms with Crippen molar-refractivity contribution in [3.63, 3.8) is 0 Å². The van der Waals surface area contributed by atoms with Gasteiger partial charge in [-0.3, -0.25) is 0 Å². The maximum absolute atomic E-state index is 2.44. The Balaban J connectivity index is 1.08. The van der Waals surface area contributed by atoms with Crippen molar-refractivity contribution in [2.24, 2.45) is 0 Å². The molecule has 0 saturated heterocycles. The Labute approximate surface area is 327 Å². The monoisotopic (exact) mass is 714 g/mol. The van der Waals surface area contributed by atoms with Crippen molar-refractivity contribution in [1.82, 2.24) is 4.57 Å². The van der Waals surface area contributed by atoms with Gasteiger partial charge in [0.2, 0.25) is 0 Å². The van der Waals surface area contributed by atoms with Gasteiger partial charge in [0.1, 0.15) is 0 Å². The molecular weight excluding hydrogens is 677 g/mol. The van der Waals surface area contributed by atoms with Gasteiger partial charge in [-0.1, -0.05) is 182 Å². The van der Waals surface area contributed by atoms with E-state index in [9.17, 15) is 0 Å². The number of hydrogen-bond donors (Lipinski definition) is 0. The number of aromatic nitrogens is 1. The molecule has 0 aliphatic rings. The summed E-state index contributed by atoms with van der Waals surface area (Å²) in [6.07, 6.45) is 0. The zero-order chi connectivity index (χ0) is 37.3. The van der Waals surface area contributed by atoms with Crippen LogP contribution in [0.15, 0.2) is 231 Å². The molecule has 2 heteroatoms. The van der Waals surface area contributed by atoms with Crippen LogP contribution in [0.1, 0.15) is 0 Å². The van der Waals surface area contributed by atoms with E-state index in [0.29, 0.717) is 0 Å². The second-order valence-corrected chi connectivity index (χ2v) is 14.1. The molecule has 0 spiro atoms.